The van der Waals surface area contributed by atoms with Crippen molar-refractivity contribution in [3.63, 3.8) is 0 Å². The molecular formula is C22H40N4O2S. The maximum atomic E-state index is 12.8. The minimum absolute atomic E-state index is 0.202. The zero-order chi connectivity index (χ0) is 20.5. The lowest BCUT2D eigenvalue weighted by molar-refractivity contribution is -0.135. The quantitative estimate of drug-likeness (QED) is 0.486. The number of hydrogen-bond acceptors (Lipinski definition) is 4. The fourth-order valence-electron chi connectivity index (χ4n) is 4.82. The summed E-state index contributed by atoms with van der Waals surface area (Å²) in [6.07, 6.45) is 9.03. The predicted molar refractivity (Wildman–Crippen MR) is 122 cm³/mol. The first-order chi connectivity index (χ1) is 14.2. The van der Waals surface area contributed by atoms with Gasteiger partial charge in [-0.15, -0.1) is 0 Å². The van der Waals surface area contributed by atoms with Gasteiger partial charge >= 0.3 is 0 Å². The summed E-state index contributed by atoms with van der Waals surface area (Å²) < 4.78 is 5.79. The molecule has 0 bridgehead atoms. The minimum atomic E-state index is 0.202. The number of ether oxygens (including phenoxy) is 1. The van der Waals surface area contributed by atoms with Gasteiger partial charge in [0.2, 0.25) is 5.91 Å². The molecule has 2 N–H and O–H groups in total. The van der Waals surface area contributed by atoms with E-state index in [1.165, 1.54) is 19.3 Å². The van der Waals surface area contributed by atoms with Crippen LogP contribution in [0, 0.1) is 5.92 Å². The zero-order valence-corrected chi connectivity index (χ0v) is 19.2. The van der Waals surface area contributed by atoms with Gasteiger partial charge in [-0.1, -0.05) is 26.2 Å². The maximum Gasteiger partial charge on any atom is 0.225 e. The van der Waals surface area contributed by atoms with Gasteiger partial charge in [-0.2, -0.15) is 11.8 Å². The van der Waals surface area contributed by atoms with Crippen LogP contribution < -0.4 is 10.6 Å². The van der Waals surface area contributed by atoms with Crippen LogP contribution in [0.15, 0.2) is 4.99 Å². The number of nitrogens with zero attached hydrogens (tertiary/aromatic N) is 2. The molecule has 2 aliphatic heterocycles. The summed E-state index contributed by atoms with van der Waals surface area (Å²) in [7, 11) is 0. The Bertz CT molecular complexity index is 539. The molecule has 1 amide bonds. The third kappa shape index (κ3) is 6.51. The molecule has 2 saturated heterocycles. The van der Waals surface area contributed by atoms with Crippen LogP contribution in [0.1, 0.15) is 65.2 Å². The van der Waals surface area contributed by atoms with Gasteiger partial charge in [-0.3, -0.25) is 9.79 Å². The van der Waals surface area contributed by atoms with E-state index in [-0.39, 0.29) is 10.7 Å². The molecule has 0 spiro atoms. The van der Waals surface area contributed by atoms with Gasteiger partial charge in [0.25, 0.3) is 0 Å². The highest BCUT2D eigenvalue weighted by Gasteiger charge is 2.34. The molecule has 0 aromatic rings. The normalized spacial score (nSPS) is 25.8. The number of nitrogens with one attached hydrogen (secondary N) is 2. The summed E-state index contributed by atoms with van der Waals surface area (Å²) in [6, 6.07) is 0.296. The van der Waals surface area contributed by atoms with Crippen molar-refractivity contribution >= 4 is 23.6 Å². The Morgan fingerprint density at radius 1 is 1.17 bits per heavy atom. The van der Waals surface area contributed by atoms with Gasteiger partial charge in [0.05, 0.1) is 6.54 Å². The van der Waals surface area contributed by atoms with Crippen molar-refractivity contribution < 1.29 is 9.53 Å². The van der Waals surface area contributed by atoms with E-state index in [1.54, 1.807) is 0 Å². The van der Waals surface area contributed by atoms with E-state index >= 15 is 0 Å². The monoisotopic (exact) mass is 424 g/mol. The largest absolute Gasteiger partial charge is 0.381 e. The van der Waals surface area contributed by atoms with Crippen molar-refractivity contribution in [1.29, 1.82) is 0 Å². The average Bonchev–Trinajstić information content (AvgIpc) is 3.22. The molecule has 0 aromatic heterocycles. The van der Waals surface area contributed by atoms with Crippen molar-refractivity contribution in [3.8, 4) is 0 Å². The van der Waals surface area contributed by atoms with Crippen LogP contribution in [0.4, 0.5) is 0 Å². The van der Waals surface area contributed by atoms with E-state index < -0.39 is 0 Å². The summed E-state index contributed by atoms with van der Waals surface area (Å²) in [6.45, 7) is 9.37. The summed E-state index contributed by atoms with van der Waals surface area (Å²) in [5, 5.41) is 7.02. The molecule has 3 fully saturated rings. The van der Waals surface area contributed by atoms with Crippen molar-refractivity contribution in [2.75, 3.05) is 45.1 Å². The molecule has 0 aromatic carbocycles. The summed E-state index contributed by atoms with van der Waals surface area (Å²) in [5.74, 6) is 2.66. The van der Waals surface area contributed by atoms with Crippen LogP contribution >= 0.6 is 11.8 Å². The lowest BCUT2D eigenvalue weighted by Crippen LogP contribution is -2.46. The molecule has 3 rings (SSSR count). The Morgan fingerprint density at radius 2 is 1.93 bits per heavy atom. The van der Waals surface area contributed by atoms with E-state index in [9.17, 15) is 4.79 Å². The summed E-state index contributed by atoms with van der Waals surface area (Å²) >= 11 is 2.03. The predicted octanol–water partition coefficient (Wildman–Crippen LogP) is 3.03. The van der Waals surface area contributed by atoms with Crippen molar-refractivity contribution in [2.45, 2.75) is 76.0 Å². The van der Waals surface area contributed by atoms with Gasteiger partial charge in [0.15, 0.2) is 5.96 Å². The molecule has 2 heterocycles. The molecular weight excluding hydrogens is 384 g/mol. The molecule has 3 aliphatic rings. The number of carbonyl (C=O) groups excluding carboxylic acids is 1. The van der Waals surface area contributed by atoms with Gasteiger partial charge in [-0.25, -0.2) is 0 Å². The molecule has 6 nitrogen and oxygen atoms in total. The van der Waals surface area contributed by atoms with Crippen LogP contribution in [0.5, 0.6) is 0 Å². The Labute approximate surface area is 181 Å². The third-order valence-corrected chi connectivity index (χ3v) is 7.96. The second-order valence-electron chi connectivity index (χ2n) is 8.67. The van der Waals surface area contributed by atoms with Crippen LogP contribution in [0.3, 0.4) is 0 Å². The second-order valence-corrected chi connectivity index (χ2v) is 10.4. The van der Waals surface area contributed by atoms with Gasteiger partial charge < -0.3 is 20.3 Å². The molecule has 1 saturated carbocycles. The fraction of sp³-hybridized carbons (Fsp3) is 0.909. The van der Waals surface area contributed by atoms with E-state index in [1.807, 2.05) is 11.8 Å². The van der Waals surface area contributed by atoms with E-state index in [2.05, 4.69) is 29.4 Å². The zero-order valence-electron chi connectivity index (χ0n) is 18.4. The number of likely N-dealkylation sites (tertiary alicyclic amines) is 1. The number of thioether (sulfide) groups is 1. The highest BCUT2D eigenvalue weighted by atomic mass is 32.2. The number of guanidine groups is 1. The van der Waals surface area contributed by atoms with Crippen molar-refractivity contribution in [2.24, 2.45) is 10.9 Å². The van der Waals surface area contributed by atoms with Crippen LogP contribution in [-0.4, -0.2) is 72.7 Å². The average molecular weight is 425 g/mol. The Balaban J connectivity index is 1.54. The number of amides is 1. The number of hydrogen-bond donors (Lipinski definition) is 2. The standard InChI is InChI=1S/C22H40N4O2S/c1-3-23-21(24-17-22(29-4-2)11-14-28-15-12-22)25-19-10-13-26(16-19)20(27)18-8-6-5-7-9-18/h18-19H,3-17H2,1-2H3,(H2,23,24,25). The Kier molecular flexibility index (Phi) is 8.97. The Hall–Kier alpha value is -0.950. The summed E-state index contributed by atoms with van der Waals surface area (Å²) in [5.41, 5.74) is 0. The molecule has 1 unspecified atom stereocenters. The topological polar surface area (TPSA) is 66.0 Å². The highest BCUT2D eigenvalue weighted by Crippen LogP contribution is 2.35. The number of carbonyl (C=O) groups is 1. The first-order valence-electron chi connectivity index (χ1n) is 11.7. The van der Waals surface area contributed by atoms with Gasteiger partial charge in [0, 0.05) is 49.6 Å². The molecule has 7 heteroatoms. The first-order valence-corrected chi connectivity index (χ1v) is 12.7. The smallest absolute Gasteiger partial charge is 0.225 e. The molecule has 1 aliphatic carbocycles. The fourth-order valence-corrected chi connectivity index (χ4v) is 6.04. The van der Waals surface area contributed by atoms with Crippen LogP contribution in [0.2, 0.25) is 0 Å². The van der Waals surface area contributed by atoms with Gasteiger partial charge in [0.1, 0.15) is 0 Å². The molecule has 0 radical (unpaired) electrons. The van der Waals surface area contributed by atoms with E-state index in [4.69, 9.17) is 9.73 Å². The lowest BCUT2D eigenvalue weighted by atomic mass is 9.88. The first kappa shape index (κ1) is 22.7. The highest BCUT2D eigenvalue weighted by molar-refractivity contribution is 8.00. The number of rotatable bonds is 7. The Morgan fingerprint density at radius 3 is 2.62 bits per heavy atom. The molecule has 29 heavy (non-hydrogen) atoms. The number of aliphatic imine (C=N–C) groups is 1. The van der Waals surface area contributed by atoms with E-state index in [0.717, 1.165) is 83.2 Å². The second kappa shape index (κ2) is 11.4. The lowest BCUT2D eigenvalue weighted by Gasteiger charge is -2.35. The molecule has 1 atom stereocenters. The van der Waals surface area contributed by atoms with Gasteiger partial charge in [-0.05, 0) is 44.8 Å². The SMILES string of the molecule is CCNC(=NCC1(SCC)CCOCC1)NC1CCN(C(=O)C2CCCCC2)C1. The minimum Gasteiger partial charge on any atom is -0.381 e. The van der Waals surface area contributed by atoms with Crippen molar-refractivity contribution in [1.82, 2.24) is 15.5 Å². The van der Waals surface area contributed by atoms with Crippen LogP contribution in [-0.2, 0) is 9.53 Å². The van der Waals surface area contributed by atoms with E-state index in [0.29, 0.717) is 11.9 Å². The molecule has 166 valence electrons. The summed E-state index contributed by atoms with van der Waals surface area (Å²) in [4.78, 5) is 19.9. The maximum absolute atomic E-state index is 12.8. The third-order valence-electron chi connectivity index (χ3n) is 6.52. The van der Waals surface area contributed by atoms with Crippen LogP contribution in [0.25, 0.3) is 0 Å². The van der Waals surface area contributed by atoms with Crippen molar-refractivity contribution in [3.05, 3.63) is 0 Å².